The van der Waals surface area contributed by atoms with Gasteiger partial charge in [-0.05, 0) is 25.5 Å². The number of unbranched alkanes of at least 4 members (excludes halogenated alkanes) is 1. The Morgan fingerprint density at radius 1 is 1.22 bits per heavy atom. The molecule has 2 aromatic rings. The van der Waals surface area contributed by atoms with Gasteiger partial charge in [0.15, 0.2) is 0 Å². The molecule has 3 amide bonds. The minimum Gasteiger partial charge on any atom is -0.352 e. The molecule has 1 unspecified atom stereocenters. The number of amides is 3. The highest BCUT2D eigenvalue weighted by molar-refractivity contribution is 6.34. The number of rotatable bonds is 10. The van der Waals surface area contributed by atoms with Crippen molar-refractivity contribution in [2.45, 2.75) is 52.6 Å². The Morgan fingerprint density at radius 3 is 2.50 bits per heavy atom. The van der Waals surface area contributed by atoms with Crippen molar-refractivity contribution in [3.63, 3.8) is 0 Å². The lowest BCUT2D eigenvalue weighted by molar-refractivity contribution is -0.119. The quantitative estimate of drug-likeness (QED) is 0.501. The molecule has 1 aromatic heterocycles. The first-order valence-corrected chi connectivity index (χ1v) is 10.8. The summed E-state index contributed by atoms with van der Waals surface area (Å²) in [6.45, 7) is 5.32. The van der Waals surface area contributed by atoms with E-state index in [2.05, 4.69) is 21.0 Å². The monoisotopic (exact) mass is 465 g/mol. The summed E-state index contributed by atoms with van der Waals surface area (Å²) in [7, 11) is 1.63. The standard InChI is InChI=1S/C22H29ClFN5O3/c1-5-6-7-17(12-26-22(32)20-19(23)13(2)28-29(20)4)27-21(31)15-8-9-16(18(24)10-15)11-25-14(3)30/h8-10,17H,5-7,11-12H2,1-4H3,(H,25,30)(H,26,32)(H,27,31). The van der Waals surface area contributed by atoms with Crippen molar-refractivity contribution in [3.8, 4) is 0 Å². The van der Waals surface area contributed by atoms with Crippen LogP contribution < -0.4 is 16.0 Å². The van der Waals surface area contributed by atoms with Crippen LogP contribution in [0.4, 0.5) is 4.39 Å². The normalized spacial score (nSPS) is 11.7. The SMILES string of the molecule is CCCCC(CNC(=O)c1c(Cl)c(C)nn1C)NC(=O)c1ccc(CNC(C)=O)c(F)c1. The fourth-order valence-corrected chi connectivity index (χ4v) is 3.42. The summed E-state index contributed by atoms with van der Waals surface area (Å²) in [5, 5.41) is 12.6. The Labute approximate surface area is 191 Å². The van der Waals surface area contributed by atoms with Gasteiger partial charge in [0.05, 0.1) is 10.7 Å². The van der Waals surface area contributed by atoms with Gasteiger partial charge in [-0.15, -0.1) is 0 Å². The molecule has 0 radical (unpaired) electrons. The lowest BCUT2D eigenvalue weighted by Crippen LogP contribution is -2.44. The fourth-order valence-electron chi connectivity index (χ4n) is 3.17. The second-order valence-corrected chi connectivity index (χ2v) is 7.99. The molecule has 3 N–H and O–H groups in total. The highest BCUT2D eigenvalue weighted by Gasteiger charge is 2.21. The van der Waals surface area contributed by atoms with E-state index in [9.17, 15) is 18.8 Å². The van der Waals surface area contributed by atoms with Crippen molar-refractivity contribution < 1.29 is 18.8 Å². The van der Waals surface area contributed by atoms with E-state index in [1.54, 1.807) is 14.0 Å². The third kappa shape index (κ3) is 6.78. The molecule has 0 saturated carbocycles. The van der Waals surface area contributed by atoms with Crippen LogP contribution >= 0.6 is 11.6 Å². The van der Waals surface area contributed by atoms with Gasteiger partial charge < -0.3 is 16.0 Å². The predicted octanol–water partition coefficient (Wildman–Crippen LogP) is 2.88. The van der Waals surface area contributed by atoms with Crippen LogP contribution in [-0.2, 0) is 18.4 Å². The molecular weight excluding hydrogens is 437 g/mol. The molecule has 32 heavy (non-hydrogen) atoms. The molecule has 0 spiro atoms. The van der Waals surface area contributed by atoms with Crippen LogP contribution in [-0.4, -0.2) is 40.1 Å². The van der Waals surface area contributed by atoms with Crippen LogP contribution in [0.15, 0.2) is 18.2 Å². The highest BCUT2D eigenvalue weighted by atomic mass is 35.5. The zero-order valence-electron chi connectivity index (χ0n) is 18.7. The molecule has 0 aliphatic rings. The summed E-state index contributed by atoms with van der Waals surface area (Å²) in [6.07, 6.45) is 2.40. The molecule has 174 valence electrons. The molecule has 0 bridgehead atoms. The molecule has 1 atom stereocenters. The second kappa shape index (κ2) is 11.6. The maximum atomic E-state index is 14.3. The molecule has 8 nitrogen and oxygen atoms in total. The second-order valence-electron chi connectivity index (χ2n) is 7.61. The minimum atomic E-state index is -0.578. The molecule has 0 saturated heterocycles. The Morgan fingerprint density at radius 2 is 1.94 bits per heavy atom. The average molecular weight is 466 g/mol. The van der Waals surface area contributed by atoms with E-state index in [1.165, 1.54) is 23.7 Å². The van der Waals surface area contributed by atoms with Gasteiger partial charge in [0, 0.05) is 44.2 Å². The fraction of sp³-hybridized carbons (Fsp3) is 0.455. The summed E-state index contributed by atoms with van der Waals surface area (Å²) >= 11 is 6.17. The average Bonchev–Trinajstić information content (AvgIpc) is 2.99. The Kier molecular flexibility index (Phi) is 9.19. The number of hydrogen-bond donors (Lipinski definition) is 3. The van der Waals surface area contributed by atoms with Crippen molar-refractivity contribution in [2.24, 2.45) is 7.05 Å². The van der Waals surface area contributed by atoms with Crippen LogP contribution in [0.2, 0.25) is 5.02 Å². The maximum Gasteiger partial charge on any atom is 0.271 e. The summed E-state index contributed by atoms with van der Waals surface area (Å²) < 4.78 is 15.7. The summed E-state index contributed by atoms with van der Waals surface area (Å²) in [4.78, 5) is 36.3. The van der Waals surface area contributed by atoms with E-state index < -0.39 is 11.7 Å². The van der Waals surface area contributed by atoms with Crippen molar-refractivity contribution in [1.29, 1.82) is 0 Å². The lowest BCUT2D eigenvalue weighted by atomic mass is 10.1. The Balaban J connectivity index is 2.04. The summed E-state index contributed by atoms with van der Waals surface area (Å²) in [5.41, 5.74) is 1.25. The van der Waals surface area contributed by atoms with Crippen LogP contribution in [0, 0.1) is 12.7 Å². The van der Waals surface area contributed by atoms with Gasteiger partial charge in [0.1, 0.15) is 11.5 Å². The number of nitrogens with one attached hydrogen (secondary N) is 3. The van der Waals surface area contributed by atoms with Crippen LogP contribution in [0.25, 0.3) is 0 Å². The number of halogens is 2. The summed E-state index contributed by atoms with van der Waals surface area (Å²) in [6, 6.07) is 3.76. The van der Waals surface area contributed by atoms with Crippen LogP contribution in [0.1, 0.15) is 65.2 Å². The number of hydrogen-bond acceptors (Lipinski definition) is 4. The molecule has 1 heterocycles. The van der Waals surface area contributed by atoms with Crippen molar-refractivity contribution in [1.82, 2.24) is 25.7 Å². The molecular formula is C22H29ClFN5O3. The van der Waals surface area contributed by atoms with Crippen LogP contribution in [0.5, 0.6) is 0 Å². The van der Waals surface area contributed by atoms with Gasteiger partial charge >= 0.3 is 0 Å². The predicted molar refractivity (Wildman–Crippen MR) is 120 cm³/mol. The largest absolute Gasteiger partial charge is 0.352 e. The smallest absolute Gasteiger partial charge is 0.271 e. The van der Waals surface area contributed by atoms with Gasteiger partial charge in [-0.25, -0.2) is 4.39 Å². The molecule has 2 rings (SSSR count). The van der Waals surface area contributed by atoms with Gasteiger partial charge in [0.25, 0.3) is 11.8 Å². The number of aryl methyl sites for hydroxylation is 2. The third-order valence-electron chi connectivity index (χ3n) is 4.96. The van der Waals surface area contributed by atoms with Gasteiger partial charge in [-0.1, -0.05) is 37.4 Å². The van der Waals surface area contributed by atoms with Crippen molar-refractivity contribution >= 4 is 29.3 Å². The van der Waals surface area contributed by atoms with Crippen molar-refractivity contribution in [2.75, 3.05) is 6.54 Å². The van der Waals surface area contributed by atoms with Gasteiger partial charge in [0.2, 0.25) is 5.91 Å². The minimum absolute atomic E-state index is 0.0459. The molecule has 0 fully saturated rings. The first-order chi connectivity index (χ1) is 15.1. The molecule has 0 aliphatic heterocycles. The summed E-state index contributed by atoms with van der Waals surface area (Å²) in [5.74, 6) is -1.68. The van der Waals surface area contributed by atoms with Gasteiger partial charge in [-0.2, -0.15) is 5.10 Å². The maximum absolute atomic E-state index is 14.3. The number of carbonyl (C=O) groups excluding carboxylic acids is 3. The van der Waals surface area contributed by atoms with E-state index in [-0.39, 0.29) is 52.8 Å². The number of aromatic nitrogens is 2. The molecule has 0 aliphatic carbocycles. The molecule has 10 heteroatoms. The lowest BCUT2D eigenvalue weighted by Gasteiger charge is -2.19. The zero-order chi connectivity index (χ0) is 23.8. The zero-order valence-corrected chi connectivity index (χ0v) is 19.5. The number of nitrogens with zero attached hydrogens (tertiary/aromatic N) is 2. The Hall–Kier alpha value is -2.94. The number of benzene rings is 1. The first kappa shape index (κ1) is 25.3. The topological polar surface area (TPSA) is 105 Å². The van der Waals surface area contributed by atoms with Crippen LogP contribution in [0.3, 0.4) is 0 Å². The highest BCUT2D eigenvalue weighted by Crippen LogP contribution is 2.19. The van der Waals surface area contributed by atoms with E-state index in [4.69, 9.17) is 11.6 Å². The molecule has 1 aromatic carbocycles. The van der Waals surface area contributed by atoms with E-state index in [0.717, 1.165) is 18.9 Å². The van der Waals surface area contributed by atoms with E-state index >= 15 is 0 Å². The van der Waals surface area contributed by atoms with E-state index in [1.807, 2.05) is 6.92 Å². The van der Waals surface area contributed by atoms with E-state index in [0.29, 0.717) is 12.1 Å². The first-order valence-electron chi connectivity index (χ1n) is 10.4. The van der Waals surface area contributed by atoms with Gasteiger partial charge in [-0.3, -0.25) is 19.1 Å². The Bertz CT molecular complexity index is 992. The third-order valence-corrected chi connectivity index (χ3v) is 5.41. The number of carbonyl (C=O) groups is 3. The van der Waals surface area contributed by atoms with Crippen molar-refractivity contribution in [3.05, 3.63) is 51.6 Å².